The fourth-order valence-corrected chi connectivity index (χ4v) is 1.33. The van der Waals surface area contributed by atoms with Gasteiger partial charge < -0.3 is 5.73 Å². The zero-order valence-electron chi connectivity index (χ0n) is 8.51. The van der Waals surface area contributed by atoms with E-state index in [2.05, 4.69) is 15.0 Å². The minimum Gasteiger partial charge on any atom is -0.383 e. The zero-order valence-corrected chi connectivity index (χ0v) is 8.51. The van der Waals surface area contributed by atoms with Gasteiger partial charge in [-0.05, 0) is 18.6 Å². The van der Waals surface area contributed by atoms with Gasteiger partial charge in [-0.25, -0.2) is 9.97 Å². The summed E-state index contributed by atoms with van der Waals surface area (Å²) in [5.41, 5.74) is 7.71. The van der Waals surface area contributed by atoms with Crippen LogP contribution in [-0.4, -0.2) is 15.0 Å². The van der Waals surface area contributed by atoms with Crippen molar-refractivity contribution >= 4 is 5.82 Å². The number of nitrogens with two attached hydrogens (primary N) is 1. The predicted molar refractivity (Wildman–Crippen MR) is 59.1 cm³/mol. The van der Waals surface area contributed by atoms with Crippen molar-refractivity contribution in [2.45, 2.75) is 13.3 Å². The maximum Gasteiger partial charge on any atom is 0.161 e. The lowest BCUT2D eigenvalue weighted by atomic mass is 10.2. The van der Waals surface area contributed by atoms with E-state index in [1.54, 1.807) is 18.6 Å². The van der Waals surface area contributed by atoms with Crippen LogP contribution in [0.15, 0.2) is 30.7 Å². The normalized spacial score (nSPS) is 10.2. The summed E-state index contributed by atoms with van der Waals surface area (Å²) in [6.45, 7) is 2.03. The van der Waals surface area contributed by atoms with Crippen LogP contribution in [0.2, 0.25) is 0 Å². The van der Waals surface area contributed by atoms with Crippen molar-refractivity contribution in [1.29, 1.82) is 0 Å². The first-order valence-electron chi connectivity index (χ1n) is 4.83. The fourth-order valence-electron chi connectivity index (χ4n) is 1.33. The predicted octanol–water partition coefficient (Wildman–Crippen LogP) is 1.68. The highest BCUT2D eigenvalue weighted by atomic mass is 14.9. The lowest BCUT2D eigenvalue weighted by Gasteiger charge is -2.04. The number of aromatic nitrogens is 3. The molecule has 0 spiro atoms. The van der Waals surface area contributed by atoms with E-state index in [-0.39, 0.29) is 0 Å². The molecule has 2 aromatic heterocycles. The molecule has 76 valence electrons. The monoisotopic (exact) mass is 200 g/mol. The molecule has 0 atom stereocenters. The molecule has 2 N–H and O–H groups in total. The molecule has 2 rings (SSSR count). The molecule has 0 aliphatic carbocycles. The Hall–Kier alpha value is -1.97. The largest absolute Gasteiger partial charge is 0.383 e. The quantitative estimate of drug-likeness (QED) is 0.801. The van der Waals surface area contributed by atoms with E-state index in [0.29, 0.717) is 11.6 Å². The van der Waals surface area contributed by atoms with Crippen LogP contribution in [0, 0.1) is 0 Å². The number of aryl methyl sites for hydroxylation is 1. The van der Waals surface area contributed by atoms with E-state index in [1.165, 1.54) is 0 Å². The molecule has 0 radical (unpaired) electrons. The molecule has 0 bridgehead atoms. The van der Waals surface area contributed by atoms with Crippen LogP contribution in [-0.2, 0) is 6.42 Å². The molecule has 0 aliphatic heterocycles. The average molecular weight is 200 g/mol. The number of nitrogens with zero attached hydrogens (tertiary/aromatic N) is 3. The van der Waals surface area contributed by atoms with Crippen molar-refractivity contribution in [3.05, 3.63) is 36.3 Å². The van der Waals surface area contributed by atoms with Crippen molar-refractivity contribution < 1.29 is 0 Å². The molecular weight excluding hydrogens is 188 g/mol. The maximum absolute atomic E-state index is 5.80. The number of rotatable bonds is 2. The summed E-state index contributed by atoms with van der Waals surface area (Å²) in [7, 11) is 0. The summed E-state index contributed by atoms with van der Waals surface area (Å²) in [5.74, 6) is 1.20. The van der Waals surface area contributed by atoms with Gasteiger partial charge in [-0.2, -0.15) is 0 Å². The Morgan fingerprint density at radius 1 is 1.27 bits per heavy atom. The molecule has 4 nitrogen and oxygen atoms in total. The van der Waals surface area contributed by atoms with Gasteiger partial charge in [-0.15, -0.1) is 0 Å². The zero-order chi connectivity index (χ0) is 10.7. The highest BCUT2D eigenvalue weighted by molar-refractivity contribution is 5.56. The van der Waals surface area contributed by atoms with Crippen LogP contribution < -0.4 is 5.73 Å². The van der Waals surface area contributed by atoms with E-state index in [9.17, 15) is 0 Å². The third kappa shape index (κ3) is 1.93. The number of pyridine rings is 1. The Morgan fingerprint density at radius 3 is 2.60 bits per heavy atom. The van der Waals surface area contributed by atoms with Crippen LogP contribution in [0.5, 0.6) is 0 Å². The summed E-state index contributed by atoms with van der Waals surface area (Å²) in [6, 6.07) is 3.72. The van der Waals surface area contributed by atoms with Gasteiger partial charge in [-0.3, -0.25) is 4.98 Å². The van der Waals surface area contributed by atoms with Crippen molar-refractivity contribution in [2.75, 3.05) is 5.73 Å². The second-order valence-corrected chi connectivity index (χ2v) is 3.19. The van der Waals surface area contributed by atoms with Crippen LogP contribution in [0.25, 0.3) is 11.4 Å². The Morgan fingerprint density at radius 2 is 2.00 bits per heavy atom. The Balaban J connectivity index is 2.43. The number of hydrogen-bond donors (Lipinski definition) is 1. The fraction of sp³-hybridized carbons (Fsp3) is 0.182. The molecule has 15 heavy (non-hydrogen) atoms. The van der Waals surface area contributed by atoms with E-state index < -0.39 is 0 Å². The molecule has 0 saturated carbocycles. The molecular formula is C11H12N4. The minimum absolute atomic E-state index is 0.555. The van der Waals surface area contributed by atoms with Crippen LogP contribution in [0.3, 0.4) is 0 Å². The molecule has 0 fully saturated rings. The van der Waals surface area contributed by atoms with Gasteiger partial charge in [0.1, 0.15) is 5.82 Å². The topological polar surface area (TPSA) is 64.7 Å². The van der Waals surface area contributed by atoms with Gasteiger partial charge >= 0.3 is 0 Å². The van der Waals surface area contributed by atoms with Crippen molar-refractivity contribution in [2.24, 2.45) is 0 Å². The first-order valence-corrected chi connectivity index (χ1v) is 4.83. The minimum atomic E-state index is 0.555. The van der Waals surface area contributed by atoms with Crippen LogP contribution in [0.1, 0.15) is 12.5 Å². The van der Waals surface area contributed by atoms with Gasteiger partial charge in [0.15, 0.2) is 5.82 Å². The molecule has 0 amide bonds. The van der Waals surface area contributed by atoms with E-state index in [4.69, 9.17) is 5.73 Å². The lowest BCUT2D eigenvalue weighted by Crippen LogP contribution is -2.00. The first kappa shape index (κ1) is 9.58. The van der Waals surface area contributed by atoms with Gasteiger partial charge in [0.25, 0.3) is 0 Å². The summed E-state index contributed by atoms with van der Waals surface area (Å²) in [5, 5.41) is 0. The average Bonchev–Trinajstić information content (AvgIpc) is 2.30. The van der Waals surface area contributed by atoms with Crippen LogP contribution in [0.4, 0.5) is 5.82 Å². The second-order valence-electron chi connectivity index (χ2n) is 3.19. The van der Waals surface area contributed by atoms with E-state index >= 15 is 0 Å². The number of nitrogen functional groups attached to an aromatic ring is 1. The molecule has 4 heteroatoms. The highest BCUT2D eigenvalue weighted by Gasteiger charge is 2.04. The first-order chi connectivity index (χ1) is 7.31. The summed E-state index contributed by atoms with van der Waals surface area (Å²) >= 11 is 0. The molecule has 2 heterocycles. The smallest absolute Gasteiger partial charge is 0.161 e. The standard InChI is InChI=1S/C11H12N4/c1-2-8-7-14-11(15-10(8)12)9-3-5-13-6-4-9/h3-7H,2H2,1H3,(H2,12,14,15). The third-order valence-corrected chi connectivity index (χ3v) is 2.22. The van der Waals surface area contributed by atoms with Crippen LogP contribution >= 0.6 is 0 Å². The van der Waals surface area contributed by atoms with E-state index in [1.807, 2.05) is 19.1 Å². The second kappa shape index (κ2) is 4.04. The SMILES string of the molecule is CCc1cnc(-c2ccncc2)nc1N. The Labute approximate surface area is 88.2 Å². The lowest BCUT2D eigenvalue weighted by molar-refractivity contribution is 1.06. The summed E-state index contributed by atoms with van der Waals surface area (Å²) in [4.78, 5) is 12.5. The molecule has 0 aliphatic rings. The van der Waals surface area contributed by atoms with Gasteiger partial charge in [0.2, 0.25) is 0 Å². The molecule has 0 saturated heterocycles. The summed E-state index contributed by atoms with van der Waals surface area (Å²) in [6.07, 6.45) is 6.05. The number of anilines is 1. The van der Waals surface area contributed by atoms with Crippen molar-refractivity contribution in [3.8, 4) is 11.4 Å². The Bertz CT molecular complexity index is 453. The molecule has 0 aromatic carbocycles. The molecule has 0 unspecified atom stereocenters. The Kier molecular flexibility index (Phi) is 2.58. The van der Waals surface area contributed by atoms with Gasteiger partial charge in [0.05, 0.1) is 0 Å². The number of hydrogen-bond acceptors (Lipinski definition) is 4. The van der Waals surface area contributed by atoms with Gasteiger partial charge in [0, 0.05) is 29.7 Å². The third-order valence-electron chi connectivity index (χ3n) is 2.22. The van der Waals surface area contributed by atoms with Crippen molar-refractivity contribution in [3.63, 3.8) is 0 Å². The maximum atomic E-state index is 5.80. The summed E-state index contributed by atoms with van der Waals surface area (Å²) < 4.78 is 0. The van der Waals surface area contributed by atoms with Crippen molar-refractivity contribution in [1.82, 2.24) is 15.0 Å². The molecule has 2 aromatic rings. The highest BCUT2D eigenvalue weighted by Crippen LogP contribution is 2.16. The van der Waals surface area contributed by atoms with E-state index in [0.717, 1.165) is 17.5 Å². The van der Waals surface area contributed by atoms with Gasteiger partial charge in [-0.1, -0.05) is 6.92 Å².